The summed E-state index contributed by atoms with van der Waals surface area (Å²) in [6.07, 6.45) is 2.71. The van der Waals surface area contributed by atoms with E-state index in [1.165, 1.54) is 0 Å². The zero-order valence-corrected chi connectivity index (χ0v) is 13.2. The van der Waals surface area contributed by atoms with Gasteiger partial charge in [-0.2, -0.15) is 0 Å². The van der Waals surface area contributed by atoms with Crippen molar-refractivity contribution >= 4 is 33.0 Å². The average Bonchev–Trinajstić information content (AvgIpc) is 2.76. The number of sulfonamides is 1. The van der Waals surface area contributed by atoms with Crippen molar-refractivity contribution in [1.29, 1.82) is 0 Å². The number of rotatable bonds is 7. The van der Waals surface area contributed by atoms with Gasteiger partial charge in [0.25, 0.3) is 0 Å². The lowest BCUT2D eigenvalue weighted by atomic mass is 10.3. The van der Waals surface area contributed by atoms with Crippen LogP contribution in [0.25, 0.3) is 0 Å². The number of alkyl halides is 1. The third-order valence-electron chi connectivity index (χ3n) is 2.41. The Bertz CT molecular complexity index is 473. The van der Waals surface area contributed by atoms with Gasteiger partial charge < -0.3 is 0 Å². The van der Waals surface area contributed by atoms with E-state index in [0.29, 0.717) is 5.88 Å². The predicted molar refractivity (Wildman–Crippen MR) is 76.7 cm³/mol. The molecule has 0 spiro atoms. The van der Waals surface area contributed by atoms with Crippen molar-refractivity contribution in [3.05, 3.63) is 16.1 Å². The summed E-state index contributed by atoms with van der Waals surface area (Å²) < 4.78 is 26.4. The molecule has 18 heavy (non-hydrogen) atoms. The molecule has 0 aromatic carbocycles. The fourth-order valence-electron chi connectivity index (χ4n) is 1.47. The lowest BCUT2D eigenvalue weighted by molar-refractivity contribution is 0.554. The van der Waals surface area contributed by atoms with Crippen LogP contribution in [0, 0.1) is 5.92 Å². The maximum atomic E-state index is 11.9. The van der Waals surface area contributed by atoms with E-state index in [9.17, 15) is 8.42 Å². The fourth-order valence-corrected chi connectivity index (χ4v) is 4.26. The Morgan fingerprint density at radius 2 is 2.17 bits per heavy atom. The van der Waals surface area contributed by atoms with Crippen LogP contribution >= 0.6 is 22.9 Å². The SMILES string of the molecule is CCc1cnc(C(C)NS(=O)(=O)CC(C)CCl)s1. The van der Waals surface area contributed by atoms with E-state index in [1.54, 1.807) is 24.5 Å². The molecule has 2 unspecified atom stereocenters. The largest absolute Gasteiger partial charge is 0.248 e. The van der Waals surface area contributed by atoms with Gasteiger partial charge in [0.2, 0.25) is 10.0 Å². The third kappa shape index (κ3) is 4.84. The molecule has 0 aliphatic heterocycles. The fraction of sp³-hybridized carbons (Fsp3) is 0.727. The zero-order valence-electron chi connectivity index (χ0n) is 10.8. The van der Waals surface area contributed by atoms with Gasteiger partial charge in [0.15, 0.2) is 0 Å². The van der Waals surface area contributed by atoms with Crippen molar-refractivity contribution in [3.63, 3.8) is 0 Å². The lowest BCUT2D eigenvalue weighted by Crippen LogP contribution is -2.31. The first-order chi connectivity index (χ1) is 8.38. The molecule has 0 bridgehead atoms. The van der Waals surface area contributed by atoms with E-state index >= 15 is 0 Å². The van der Waals surface area contributed by atoms with Crippen LogP contribution < -0.4 is 4.72 Å². The molecule has 4 nitrogen and oxygen atoms in total. The summed E-state index contributed by atoms with van der Waals surface area (Å²) >= 11 is 7.17. The Kier molecular flexibility index (Phi) is 6.04. The van der Waals surface area contributed by atoms with Gasteiger partial charge in [-0.25, -0.2) is 18.1 Å². The molecule has 7 heteroatoms. The summed E-state index contributed by atoms with van der Waals surface area (Å²) in [6.45, 7) is 5.67. The molecule has 0 saturated heterocycles. The molecule has 0 amide bonds. The Hall–Kier alpha value is -0.170. The molecule has 0 fully saturated rings. The molecule has 1 N–H and O–H groups in total. The molecule has 0 radical (unpaired) electrons. The Labute approximate surface area is 118 Å². The summed E-state index contributed by atoms with van der Waals surface area (Å²) in [6, 6.07) is -0.289. The van der Waals surface area contributed by atoms with Crippen LogP contribution in [0.15, 0.2) is 6.20 Å². The summed E-state index contributed by atoms with van der Waals surface area (Å²) in [5.74, 6) is 0.332. The average molecular weight is 311 g/mol. The molecule has 104 valence electrons. The van der Waals surface area contributed by atoms with Gasteiger partial charge in [-0.15, -0.1) is 22.9 Å². The van der Waals surface area contributed by atoms with Crippen molar-refractivity contribution in [1.82, 2.24) is 9.71 Å². The van der Waals surface area contributed by atoms with Gasteiger partial charge in [-0.3, -0.25) is 0 Å². The second-order valence-electron chi connectivity index (χ2n) is 4.40. The minimum atomic E-state index is -3.31. The van der Waals surface area contributed by atoms with E-state index in [-0.39, 0.29) is 17.7 Å². The van der Waals surface area contributed by atoms with E-state index in [4.69, 9.17) is 11.6 Å². The highest BCUT2D eigenvalue weighted by atomic mass is 35.5. The quantitative estimate of drug-likeness (QED) is 0.787. The standard InChI is InChI=1S/C11H19ClN2O2S2/c1-4-10-6-13-11(17-10)9(3)14-18(15,16)7-8(2)5-12/h6,8-9,14H,4-5,7H2,1-3H3. The van der Waals surface area contributed by atoms with Crippen LogP contribution in [0.1, 0.15) is 36.7 Å². The number of hydrogen-bond acceptors (Lipinski definition) is 4. The zero-order chi connectivity index (χ0) is 13.8. The van der Waals surface area contributed by atoms with E-state index in [0.717, 1.165) is 16.3 Å². The lowest BCUT2D eigenvalue weighted by Gasteiger charge is -2.14. The molecule has 1 aromatic heterocycles. The van der Waals surface area contributed by atoms with Crippen molar-refractivity contribution in [2.45, 2.75) is 33.2 Å². The van der Waals surface area contributed by atoms with Crippen molar-refractivity contribution < 1.29 is 8.42 Å². The molecule has 1 rings (SSSR count). The van der Waals surface area contributed by atoms with Crippen LogP contribution in [-0.2, 0) is 16.4 Å². The minimum Gasteiger partial charge on any atom is -0.248 e. The van der Waals surface area contributed by atoms with Gasteiger partial charge in [-0.1, -0.05) is 13.8 Å². The van der Waals surface area contributed by atoms with Crippen LogP contribution in [0.5, 0.6) is 0 Å². The highest BCUT2D eigenvalue weighted by Gasteiger charge is 2.20. The van der Waals surface area contributed by atoms with Gasteiger partial charge in [0.1, 0.15) is 5.01 Å². The normalized spacial score (nSPS) is 15.6. The summed E-state index contributed by atoms with van der Waals surface area (Å²) in [7, 11) is -3.31. The first-order valence-corrected chi connectivity index (χ1v) is 8.88. The number of nitrogens with one attached hydrogen (secondary N) is 1. The highest BCUT2D eigenvalue weighted by molar-refractivity contribution is 7.89. The highest BCUT2D eigenvalue weighted by Crippen LogP contribution is 2.21. The maximum Gasteiger partial charge on any atom is 0.212 e. The molecule has 2 atom stereocenters. The van der Waals surface area contributed by atoms with Crippen LogP contribution in [0.4, 0.5) is 0 Å². The molecular weight excluding hydrogens is 292 g/mol. The predicted octanol–water partition coefficient (Wildman–Crippen LogP) is 2.56. The topological polar surface area (TPSA) is 59.1 Å². The summed E-state index contributed by atoms with van der Waals surface area (Å²) in [5, 5.41) is 0.800. The van der Waals surface area contributed by atoms with Crippen molar-refractivity contribution in [2.75, 3.05) is 11.6 Å². The monoisotopic (exact) mass is 310 g/mol. The molecule has 0 aliphatic carbocycles. The first kappa shape index (κ1) is 15.9. The molecule has 1 heterocycles. The van der Waals surface area contributed by atoms with E-state index < -0.39 is 10.0 Å². The van der Waals surface area contributed by atoms with Gasteiger partial charge in [-0.05, 0) is 19.3 Å². The van der Waals surface area contributed by atoms with E-state index in [1.807, 2.05) is 13.8 Å². The molecule has 0 saturated carbocycles. The molecule has 0 aliphatic rings. The Morgan fingerprint density at radius 1 is 1.50 bits per heavy atom. The second kappa shape index (κ2) is 6.84. The first-order valence-electron chi connectivity index (χ1n) is 5.88. The number of nitrogens with zero attached hydrogens (tertiary/aromatic N) is 1. The molecule has 1 aromatic rings. The van der Waals surface area contributed by atoms with Crippen LogP contribution in [0.3, 0.4) is 0 Å². The molecular formula is C11H19ClN2O2S2. The van der Waals surface area contributed by atoms with Crippen molar-refractivity contribution in [3.8, 4) is 0 Å². The van der Waals surface area contributed by atoms with Crippen molar-refractivity contribution in [2.24, 2.45) is 5.92 Å². The maximum absolute atomic E-state index is 11.9. The van der Waals surface area contributed by atoms with Crippen LogP contribution in [-0.4, -0.2) is 25.0 Å². The number of hydrogen-bond donors (Lipinski definition) is 1. The number of thiazole rings is 1. The smallest absolute Gasteiger partial charge is 0.212 e. The summed E-state index contributed by atoms with van der Waals surface area (Å²) in [5.41, 5.74) is 0. The number of halogens is 1. The number of aromatic nitrogens is 1. The third-order valence-corrected chi connectivity index (χ3v) is 5.99. The van der Waals surface area contributed by atoms with E-state index in [2.05, 4.69) is 9.71 Å². The second-order valence-corrected chi connectivity index (χ2v) is 7.65. The Morgan fingerprint density at radius 3 is 2.67 bits per heavy atom. The number of aryl methyl sites for hydroxylation is 1. The Balaban J connectivity index is 2.66. The van der Waals surface area contributed by atoms with Gasteiger partial charge >= 0.3 is 0 Å². The van der Waals surface area contributed by atoms with Crippen LogP contribution in [0.2, 0.25) is 0 Å². The minimum absolute atomic E-state index is 0.0485. The van der Waals surface area contributed by atoms with Gasteiger partial charge in [0, 0.05) is 17.0 Å². The summed E-state index contributed by atoms with van der Waals surface area (Å²) in [4.78, 5) is 5.39. The van der Waals surface area contributed by atoms with Gasteiger partial charge in [0.05, 0.1) is 11.8 Å².